The number of benzene rings is 4. The molecule has 0 saturated carbocycles. The van der Waals surface area contributed by atoms with Crippen LogP contribution >= 0.6 is 11.8 Å². The summed E-state index contributed by atoms with van der Waals surface area (Å²) in [7, 11) is 0. The third kappa shape index (κ3) is 12.8. The van der Waals surface area contributed by atoms with Gasteiger partial charge in [-0.2, -0.15) is 0 Å². The molecule has 374 valence electrons. The normalized spacial score (nSPS) is 17.3. The Labute approximate surface area is 446 Å². The molecule has 5 aromatic rings. The molecule has 0 amide bonds. The number of allylic oxidation sites excluding steroid dienone is 21. The van der Waals surface area contributed by atoms with E-state index in [1.807, 2.05) is 51.6 Å². The summed E-state index contributed by atoms with van der Waals surface area (Å²) in [6.45, 7) is 31.6. The van der Waals surface area contributed by atoms with Crippen molar-refractivity contribution in [3.05, 3.63) is 276 Å². The van der Waals surface area contributed by atoms with Gasteiger partial charge < -0.3 is 9.47 Å². The lowest BCUT2D eigenvalue weighted by atomic mass is 9.93. The quantitative estimate of drug-likeness (QED) is 0.0631. The SMILES string of the molecule is C=C.C=CC1=C(C)Sc2ccc(-c3ccc4c(=C5\C=CC=CC5C)/c(=C\C)n(-c5cccc(/C(=C/C(=NCc6ccccc6)C(/C=C\C)=C/C=C/C(/C=C\C)=C/C)N=C)c5)c4c3)cc2N1C1C=CC=CC=C1.CC. The maximum Gasteiger partial charge on any atom is 0.0717 e. The topological polar surface area (TPSA) is 32.9 Å². The Morgan fingerprint density at radius 2 is 1.49 bits per heavy atom. The van der Waals surface area contributed by atoms with Gasteiger partial charge in [-0.25, -0.2) is 0 Å². The number of nitrogens with zero attached hydrogens (tertiary/aromatic N) is 4. The van der Waals surface area contributed by atoms with Crippen molar-refractivity contribution in [2.75, 3.05) is 4.90 Å². The van der Waals surface area contributed by atoms with Crippen LogP contribution in [-0.2, 0) is 6.54 Å². The van der Waals surface area contributed by atoms with Gasteiger partial charge in [0.25, 0.3) is 0 Å². The molecule has 4 aromatic carbocycles. The number of rotatable bonds is 14. The predicted molar refractivity (Wildman–Crippen MR) is 330 cm³/mol. The smallest absolute Gasteiger partial charge is 0.0717 e. The van der Waals surface area contributed by atoms with Crippen LogP contribution in [0.3, 0.4) is 0 Å². The van der Waals surface area contributed by atoms with Crippen molar-refractivity contribution >= 4 is 58.1 Å². The average molecular weight is 989 g/mol. The lowest BCUT2D eigenvalue weighted by molar-refractivity contribution is 0.885. The fourth-order valence-electron chi connectivity index (χ4n) is 9.31. The fourth-order valence-corrected chi connectivity index (χ4v) is 10.3. The molecule has 2 heterocycles. The Hall–Kier alpha value is -7.99. The number of thioether (sulfide) groups is 1. The van der Waals surface area contributed by atoms with Crippen LogP contribution in [0, 0.1) is 5.92 Å². The van der Waals surface area contributed by atoms with Crippen LogP contribution in [-0.4, -0.2) is 23.0 Å². The lowest BCUT2D eigenvalue weighted by Crippen LogP contribution is -2.33. The number of hydrogen-bond donors (Lipinski definition) is 0. The van der Waals surface area contributed by atoms with Crippen LogP contribution in [0.25, 0.3) is 45.1 Å². The molecular formula is C69H72N4S. The van der Waals surface area contributed by atoms with E-state index in [-0.39, 0.29) is 12.0 Å². The average Bonchev–Trinajstić information content (AvgIpc) is 3.53. The summed E-state index contributed by atoms with van der Waals surface area (Å²) in [5.74, 6) is 0.241. The van der Waals surface area contributed by atoms with Gasteiger partial charge in [-0.1, -0.05) is 215 Å². The molecule has 2 aliphatic carbocycles. The van der Waals surface area contributed by atoms with Crippen molar-refractivity contribution in [1.82, 2.24) is 4.57 Å². The van der Waals surface area contributed by atoms with Crippen LogP contribution in [0.4, 0.5) is 5.69 Å². The first-order valence-corrected chi connectivity index (χ1v) is 26.5. The highest BCUT2D eigenvalue weighted by atomic mass is 32.2. The summed E-state index contributed by atoms with van der Waals surface area (Å²) in [5, 5.41) is 3.58. The highest BCUT2D eigenvalue weighted by Crippen LogP contribution is 2.46. The van der Waals surface area contributed by atoms with E-state index in [1.54, 1.807) is 0 Å². The van der Waals surface area contributed by atoms with Crippen molar-refractivity contribution in [2.24, 2.45) is 15.9 Å². The molecule has 0 spiro atoms. The van der Waals surface area contributed by atoms with Gasteiger partial charge in [0.15, 0.2) is 0 Å². The van der Waals surface area contributed by atoms with E-state index < -0.39 is 0 Å². The predicted octanol–water partition coefficient (Wildman–Crippen LogP) is 17.5. The maximum atomic E-state index is 5.23. The molecule has 0 N–H and O–H groups in total. The van der Waals surface area contributed by atoms with E-state index in [1.165, 1.54) is 31.7 Å². The summed E-state index contributed by atoms with van der Waals surface area (Å²) in [6, 6.07) is 32.9. The van der Waals surface area contributed by atoms with E-state index in [9.17, 15) is 0 Å². The Kier molecular flexibility index (Phi) is 20.7. The van der Waals surface area contributed by atoms with Gasteiger partial charge in [0.1, 0.15) is 0 Å². The highest BCUT2D eigenvalue weighted by Gasteiger charge is 2.27. The van der Waals surface area contributed by atoms with Crippen LogP contribution in [0.2, 0.25) is 0 Å². The van der Waals surface area contributed by atoms with Crippen molar-refractivity contribution < 1.29 is 0 Å². The molecule has 5 heteroatoms. The second kappa shape index (κ2) is 27.7. The summed E-state index contributed by atoms with van der Waals surface area (Å²) in [4.78, 5) is 14.8. The molecule has 1 atom stereocenters. The zero-order valence-electron chi connectivity index (χ0n) is 44.7. The Morgan fingerprint density at radius 3 is 2.16 bits per heavy atom. The van der Waals surface area contributed by atoms with Crippen molar-refractivity contribution in [2.45, 2.75) is 72.9 Å². The Morgan fingerprint density at radius 1 is 0.770 bits per heavy atom. The summed E-state index contributed by atoms with van der Waals surface area (Å²) >= 11 is 1.81. The van der Waals surface area contributed by atoms with E-state index in [0.29, 0.717) is 6.54 Å². The molecule has 4 nitrogen and oxygen atoms in total. The minimum atomic E-state index is 0.0408. The van der Waals surface area contributed by atoms with E-state index in [2.05, 4.69) is 270 Å². The standard InChI is InChI=1S/C65H62N4S.C2H6.C2H4/c1-9-25-48(11-3)30-23-31-50(26-10-2)59(67-45-49-28-17-16-18-29-49)44-58(66-8)53-32-24-35-55(41-53)69-61(13-5)65(56-36-22-21-27-46(56)6)57-39-37-51(42-62(57)69)52-38-40-64-63(43-52)68(60(12-4)47(7)70-64)54-33-19-14-15-20-34-54;2*1-2/h9-44,46,54H,4,8,45H2,1-3,5-7H3;1-2H3;1-2H2/b25-9-,26-10-,30-23+,48-11+,50-31+,58-44-,61-13+,65-56-,67-59?;;. The molecule has 74 heavy (non-hydrogen) atoms. The van der Waals surface area contributed by atoms with Crippen LogP contribution in [0.15, 0.2) is 269 Å². The monoisotopic (exact) mass is 989 g/mol. The first kappa shape index (κ1) is 55.3. The third-order valence-corrected chi connectivity index (χ3v) is 13.8. The number of aromatic nitrogens is 1. The largest absolute Gasteiger partial charge is 0.329 e. The zero-order valence-corrected chi connectivity index (χ0v) is 45.5. The molecule has 0 fully saturated rings. The fraction of sp³-hybridized carbons (Fsp3) is 0.159. The molecule has 0 saturated heterocycles. The number of anilines is 1. The minimum absolute atomic E-state index is 0.0408. The highest BCUT2D eigenvalue weighted by molar-refractivity contribution is 8.03. The van der Waals surface area contributed by atoms with Crippen molar-refractivity contribution in [3.8, 4) is 16.8 Å². The van der Waals surface area contributed by atoms with Crippen LogP contribution in [0.1, 0.15) is 66.5 Å². The van der Waals surface area contributed by atoms with Crippen LogP contribution < -0.4 is 15.5 Å². The molecule has 0 bridgehead atoms. The van der Waals surface area contributed by atoms with Crippen LogP contribution in [0.5, 0.6) is 0 Å². The van der Waals surface area contributed by atoms with Crippen molar-refractivity contribution in [3.63, 3.8) is 0 Å². The number of aliphatic imine (C=N–C) groups is 2. The molecule has 0 radical (unpaired) electrons. The lowest BCUT2D eigenvalue weighted by Gasteiger charge is -2.37. The number of fused-ring (bicyclic) bond motifs is 2. The molecule has 3 aliphatic rings. The Balaban J connectivity index is 0.00000218. The molecule has 1 aromatic heterocycles. The molecule has 1 unspecified atom stereocenters. The van der Waals surface area contributed by atoms with Gasteiger partial charge in [-0.05, 0) is 123 Å². The van der Waals surface area contributed by atoms with Gasteiger partial charge in [-0.3, -0.25) is 9.98 Å². The number of hydrogen-bond acceptors (Lipinski definition) is 4. The first-order valence-electron chi connectivity index (χ1n) is 25.6. The molecular weight excluding hydrogens is 917 g/mol. The minimum Gasteiger partial charge on any atom is -0.329 e. The first-order chi connectivity index (χ1) is 36.3. The van der Waals surface area contributed by atoms with Gasteiger partial charge in [0, 0.05) is 31.7 Å². The van der Waals surface area contributed by atoms with Gasteiger partial charge in [0.05, 0.1) is 46.2 Å². The summed E-state index contributed by atoms with van der Waals surface area (Å²) < 4.78 is 2.42. The van der Waals surface area contributed by atoms with Crippen molar-refractivity contribution in [1.29, 1.82) is 0 Å². The van der Waals surface area contributed by atoms with E-state index >= 15 is 0 Å². The molecule has 1 aliphatic heterocycles. The zero-order chi connectivity index (χ0) is 53.0. The summed E-state index contributed by atoms with van der Waals surface area (Å²) in [5.41, 5.74) is 13.7. The van der Waals surface area contributed by atoms with E-state index in [4.69, 9.17) is 9.98 Å². The second-order valence-corrected chi connectivity index (χ2v) is 18.5. The second-order valence-electron chi connectivity index (χ2n) is 17.2. The maximum absolute atomic E-state index is 5.23. The summed E-state index contributed by atoms with van der Waals surface area (Å²) in [6.07, 6.45) is 44.8. The van der Waals surface area contributed by atoms with E-state index in [0.717, 1.165) is 67.1 Å². The van der Waals surface area contributed by atoms with Gasteiger partial charge in [-0.15, -0.1) is 13.2 Å². The molecule has 8 rings (SSSR count). The third-order valence-electron chi connectivity index (χ3n) is 12.7. The Bertz CT molecular complexity index is 3370. The van der Waals surface area contributed by atoms with Gasteiger partial charge >= 0.3 is 0 Å². The van der Waals surface area contributed by atoms with Gasteiger partial charge in [0.2, 0.25) is 0 Å².